The average molecular weight is 320 g/mol. The van der Waals surface area contributed by atoms with E-state index in [0.717, 1.165) is 5.01 Å². The molecule has 0 aliphatic heterocycles. The molecule has 1 rings (SSSR count). The van der Waals surface area contributed by atoms with Gasteiger partial charge in [0.25, 0.3) is 7.60 Å². The van der Waals surface area contributed by atoms with E-state index in [4.69, 9.17) is 4.89 Å². The van der Waals surface area contributed by atoms with Crippen molar-refractivity contribution < 1.29 is 125 Å². The van der Waals surface area contributed by atoms with E-state index in [1.54, 1.807) is 30.3 Å². The number of amides is 1. The predicted molar refractivity (Wildman–Crippen MR) is 57.8 cm³/mol. The largest absolute Gasteiger partial charge is 1.00 e. The van der Waals surface area contributed by atoms with Gasteiger partial charge < -0.3 is 12.6 Å². The van der Waals surface area contributed by atoms with Crippen LogP contribution >= 0.6 is 7.60 Å². The number of carbonyl (C=O) groups excluding carboxylic acids is 1. The number of benzene rings is 1. The van der Waals surface area contributed by atoms with Crippen molar-refractivity contribution in [1.29, 1.82) is 0 Å². The van der Waals surface area contributed by atoms with E-state index in [9.17, 15) is 14.3 Å². The molecule has 0 spiro atoms. The molecule has 6 nitrogen and oxygen atoms in total. The standard InChI is InChI=1S/C9H9N2O4P.2K.2H/c1-11(10-7-16(13,14)15)9(12)8-5-3-2-4-6-8;;;;/h2-6H,1H3,(H-,13,14,15);;;;/q;2*+1;2*-1. The van der Waals surface area contributed by atoms with Crippen LogP contribution in [0.5, 0.6) is 0 Å². The fraction of sp³-hybridized carbons (Fsp3) is 0.111. The van der Waals surface area contributed by atoms with E-state index < -0.39 is 13.5 Å². The van der Waals surface area contributed by atoms with Crippen LogP contribution in [0.25, 0.3) is 4.95 Å². The fourth-order valence-electron chi connectivity index (χ4n) is 0.937. The molecular formula is C9H11K2N2O4P. The minimum atomic E-state index is -4.71. The molecule has 1 amide bonds. The number of hydrogen-bond acceptors (Lipinski definition) is 3. The summed E-state index contributed by atoms with van der Waals surface area (Å²) in [6, 6.07) is 8.19. The maximum absolute atomic E-state index is 11.6. The molecule has 1 atom stereocenters. The van der Waals surface area contributed by atoms with Crippen molar-refractivity contribution in [2.45, 2.75) is 0 Å². The van der Waals surface area contributed by atoms with Crippen LogP contribution in [0.4, 0.5) is 0 Å². The van der Waals surface area contributed by atoms with Gasteiger partial charge in [-0.2, -0.15) is 0 Å². The monoisotopic (exact) mass is 320 g/mol. The number of carbonyl (C=O) groups is 1. The second kappa shape index (κ2) is 10.3. The number of rotatable bonds is 1. The fourth-order valence-corrected chi connectivity index (χ4v) is 1.18. The third-order valence-corrected chi connectivity index (χ3v) is 1.98. The maximum Gasteiger partial charge on any atom is 1.00 e. The average Bonchev–Trinajstić information content (AvgIpc) is 2.25. The molecule has 0 fully saturated rings. The zero-order valence-corrected chi connectivity index (χ0v) is 17.5. The molecule has 1 aromatic rings. The summed E-state index contributed by atoms with van der Waals surface area (Å²) in [6.07, 6.45) is 0. The van der Waals surface area contributed by atoms with E-state index in [1.807, 2.05) is 0 Å². The van der Waals surface area contributed by atoms with Gasteiger partial charge in [-0.15, -0.1) is 0 Å². The Hall–Kier alpha value is 1.60. The van der Waals surface area contributed by atoms with Gasteiger partial charge in [0, 0.05) is 10.6 Å². The van der Waals surface area contributed by atoms with Crippen molar-refractivity contribution in [3.8, 4) is 5.81 Å². The molecule has 0 saturated carbocycles. The van der Waals surface area contributed by atoms with Crippen LogP contribution in [0.15, 0.2) is 30.3 Å². The van der Waals surface area contributed by atoms with Gasteiger partial charge in [-0.3, -0.25) is 9.36 Å². The van der Waals surface area contributed by atoms with Gasteiger partial charge in [0.15, 0.2) is 0 Å². The normalized spacial score (nSPS) is 11.7. The topological polar surface area (TPSA) is 85.0 Å². The summed E-state index contributed by atoms with van der Waals surface area (Å²) in [5.74, 6) is 0.959. The van der Waals surface area contributed by atoms with Crippen LogP contribution in [0.1, 0.15) is 13.2 Å². The van der Waals surface area contributed by atoms with Gasteiger partial charge >= 0.3 is 114 Å². The molecule has 0 aliphatic rings. The van der Waals surface area contributed by atoms with Crippen molar-refractivity contribution in [3.63, 3.8) is 0 Å². The van der Waals surface area contributed by atoms with Crippen LogP contribution in [-0.2, 0) is 4.57 Å². The van der Waals surface area contributed by atoms with Crippen molar-refractivity contribution >= 4 is 13.5 Å². The van der Waals surface area contributed by atoms with E-state index in [0.29, 0.717) is 5.56 Å². The van der Waals surface area contributed by atoms with Crippen LogP contribution in [0, 0.1) is 5.81 Å². The molecule has 9 heteroatoms. The molecule has 0 heterocycles. The SMILES string of the molecule is CN([N+]#CP(=O)([O-])O)C(=O)c1ccccc1.[H-].[H-].[K+].[K+]. The Morgan fingerprint density at radius 3 is 2.39 bits per heavy atom. The predicted octanol–water partition coefficient (Wildman–Crippen LogP) is -5.26. The van der Waals surface area contributed by atoms with E-state index in [1.165, 1.54) is 12.9 Å². The molecule has 0 aliphatic carbocycles. The first-order chi connectivity index (χ1) is 7.40. The first-order valence-electron chi connectivity index (χ1n) is 4.25. The summed E-state index contributed by atoms with van der Waals surface area (Å²) in [5, 5.41) is 0.774. The summed E-state index contributed by atoms with van der Waals surface area (Å²) < 4.78 is 10.3. The zero-order chi connectivity index (χ0) is 12.2. The third kappa shape index (κ3) is 8.71. The van der Waals surface area contributed by atoms with Crippen LogP contribution in [-0.4, -0.2) is 22.9 Å². The summed E-state index contributed by atoms with van der Waals surface area (Å²) in [6.45, 7) is 0. The molecule has 1 N–H and O–H groups in total. The van der Waals surface area contributed by atoms with Crippen molar-refractivity contribution in [3.05, 3.63) is 40.8 Å². The van der Waals surface area contributed by atoms with Gasteiger partial charge in [0.05, 0.1) is 7.05 Å². The Labute approximate surface area is 193 Å². The van der Waals surface area contributed by atoms with Crippen LogP contribution < -0.4 is 108 Å². The molecule has 0 radical (unpaired) electrons. The van der Waals surface area contributed by atoms with Gasteiger partial charge in [-0.1, -0.05) is 18.2 Å². The van der Waals surface area contributed by atoms with Gasteiger partial charge in [-0.05, 0) is 12.1 Å². The third-order valence-electron chi connectivity index (χ3n) is 1.64. The van der Waals surface area contributed by atoms with Crippen molar-refractivity contribution in [2.75, 3.05) is 7.05 Å². The van der Waals surface area contributed by atoms with Crippen molar-refractivity contribution in [2.24, 2.45) is 0 Å². The Kier molecular flexibility index (Phi) is 12.6. The molecule has 0 saturated heterocycles. The van der Waals surface area contributed by atoms with E-state index in [2.05, 4.69) is 4.95 Å². The van der Waals surface area contributed by atoms with Gasteiger partial charge in [0.2, 0.25) is 0 Å². The summed E-state index contributed by atoms with van der Waals surface area (Å²) >= 11 is 0. The molecule has 0 aromatic heterocycles. The summed E-state index contributed by atoms with van der Waals surface area (Å²) in [5.41, 5.74) is 0.356. The Bertz CT molecular complexity index is 504. The Morgan fingerprint density at radius 1 is 1.44 bits per heavy atom. The number of hydrogen-bond donors (Lipinski definition) is 1. The van der Waals surface area contributed by atoms with E-state index in [-0.39, 0.29) is 106 Å². The van der Waals surface area contributed by atoms with E-state index >= 15 is 0 Å². The molecule has 18 heavy (non-hydrogen) atoms. The zero-order valence-electron chi connectivity index (χ0n) is 12.4. The second-order valence-corrected chi connectivity index (χ2v) is 4.16. The summed E-state index contributed by atoms with van der Waals surface area (Å²) in [4.78, 5) is 33.5. The van der Waals surface area contributed by atoms with Gasteiger partial charge in [0.1, 0.15) is 4.95 Å². The molecule has 0 bridgehead atoms. The molecule has 1 aromatic carbocycles. The first-order valence-corrected chi connectivity index (χ1v) is 5.83. The van der Waals surface area contributed by atoms with Crippen LogP contribution in [0.3, 0.4) is 0 Å². The molecular weight excluding hydrogens is 309 g/mol. The second-order valence-electron chi connectivity index (χ2n) is 2.92. The first kappa shape index (κ1) is 21.9. The Balaban J connectivity index is -0.000000320. The summed E-state index contributed by atoms with van der Waals surface area (Å²) in [7, 11) is -3.45. The molecule has 88 valence electrons. The van der Waals surface area contributed by atoms with Crippen LogP contribution in [0.2, 0.25) is 0 Å². The van der Waals surface area contributed by atoms with Gasteiger partial charge in [-0.25, -0.2) is 0 Å². The minimum Gasteiger partial charge on any atom is -1.00 e. The quantitative estimate of drug-likeness (QED) is 0.318. The Morgan fingerprint density at radius 2 is 1.94 bits per heavy atom. The maximum atomic E-state index is 11.6. The smallest absolute Gasteiger partial charge is 1.00 e. The number of nitrogens with zero attached hydrogens (tertiary/aromatic N) is 2. The minimum absolute atomic E-state index is 0. The molecule has 1 unspecified atom stereocenters. The van der Waals surface area contributed by atoms with Crippen molar-refractivity contribution in [1.82, 2.24) is 5.01 Å².